The zero-order chi connectivity index (χ0) is 8.81. The molecule has 1 aromatic carbocycles. The van der Waals surface area contributed by atoms with Gasteiger partial charge >= 0.3 is 0 Å². The van der Waals surface area contributed by atoms with E-state index in [1.54, 1.807) is 6.08 Å². The lowest BCUT2D eigenvalue weighted by Gasteiger charge is -1.89. The van der Waals surface area contributed by atoms with Crippen LogP contribution in [0.4, 0.5) is 0 Å². The van der Waals surface area contributed by atoms with Gasteiger partial charge in [-0.2, -0.15) is 5.26 Å². The summed E-state index contributed by atoms with van der Waals surface area (Å²) in [5, 5.41) is 8.41. The molecule has 1 heteroatoms. The van der Waals surface area contributed by atoms with Crippen LogP contribution in [-0.2, 0) is 0 Å². The average Bonchev–Trinajstić information content (AvgIpc) is 2.16. The number of nitrogens with zero attached hydrogens (tertiary/aromatic N) is 1. The summed E-state index contributed by atoms with van der Waals surface area (Å²) < 4.78 is 0. The van der Waals surface area contributed by atoms with Gasteiger partial charge in [-0.15, -0.1) is 0 Å². The number of allylic oxidation sites excluding steroid dienone is 2. The molecule has 12 heavy (non-hydrogen) atoms. The Bertz CT molecular complexity index is 328. The van der Waals surface area contributed by atoms with Gasteiger partial charge in [0.15, 0.2) is 0 Å². The first-order valence-electron chi connectivity index (χ1n) is 3.65. The SMILES string of the molecule is C=C(C#N)/C=C/c1ccccc1. The maximum Gasteiger partial charge on any atom is 0.0985 e. The van der Waals surface area contributed by atoms with Crippen molar-refractivity contribution in [1.82, 2.24) is 0 Å². The van der Waals surface area contributed by atoms with Crippen LogP contribution in [0.3, 0.4) is 0 Å². The maximum atomic E-state index is 8.41. The van der Waals surface area contributed by atoms with E-state index < -0.39 is 0 Å². The molecule has 0 saturated carbocycles. The van der Waals surface area contributed by atoms with Gasteiger partial charge in [0.2, 0.25) is 0 Å². The van der Waals surface area contributed by atoms with Gasteiger partial charge in [0, 0.05) is 5.57 Å². The number of nitriles is 1. The van der Waals surface area contributed by atoms with E-state index in [0.717, 1.165) is 5.56 Å². The second-order valence-corrected chi connectivity index (χ2v) is 2.38. The first-order valence-corrected chi connectivity index (χ1v) is 3.65. The zero-order valence-corrected chi connectivity index (χ0v) is 6.70. The zero-order valence-electron chi connectivity index (χ0n) is 6.70. The second kappa shape index (κ2) is 4.15. The Kier molecular flexibility index (Phi) is 2.87. The maximum absolute atomic E-state index is 8.41. The van der Waals surface area contributed by atoms with Gasteiger partial charge in [-0.1, -0.05) is 43.0 Å². The van der Waals surface area contributed by atoms with Gasteiger partial charge in [-0.05, 0) is 11.6 Å². The largest absolute Gasteiger partial charge is 0.192 e. The Balaban J connectivity index is 2.72. The van der Waals surface area contributed by atoms with Gasteiger partial charge < -0.3 is 0 Å². The van der Waals surface area contributed by atoms with Crippen LogP contribution in [0.5, 0.6) is 0 Å². The van der Waals surface area contributed by atoms with E-state index in [1.807, 2.05) is 42.5 Å². The highest BCUT2D eigenvalue weighted by molar-refractivity contribution is 5.54. The molecule has 0 radical (unpaired) electrons. The quantitative estimate of drug-likeness (QED) is 0.476. The summed E-state index contributed by atoms with van der Waals surface area (Å²) in [5.74, 6) is 0. The van der Waals surface area contributed by atoms with Gasteiger partial charge in [0.25, 0.3) is 0 Å². The molecule has 58 valence electrons. The standard InChI is InChI=1S/C11H9N/c1-10(9-12)7-8-11-5-3-2-4-6-11/h2-8H,1H2/b8-7+. The van der Waals surface area contributed by atoms with E-state index >= 15 is 0 Å². The highest BCUT2D eigenvalue weighted by atomic mass is 14.2. The molecule has 0 unspecified atom stereocenters. The van der Waals surface area contributed by atoms with Crippen molar-refractivity contribution in [2.24, 2.45) is 0 Å². The van der Waals surface area contributed by atoms with Crippen LogP contribution in [0.1, 0.15) is 5.56 Å². The van der Waals surface area contributed by atoms with Crippen molar-refractivity contribution in [2.75, 3.05) is 0 Å². The van der Waals surface area contributed by atoms with Crippen LogP contribution in [0.15, 0.2) is 48.6 Å². The molecule has 0 atom stereocenters. The minimum absolute atomic E-state index is 0.471. The molecular formula is C11H9N. The molecule has 0 aliphatic rings. The fourth-order valence-electron chi connectivity index (χ4n) is 0.798. The van der Waals surface area contributed by atoms with Gasteiger partial charge in [0.1, 0.15) is 0 Å². The Morgan fingerprint density at radius 1 is 1.33 bits per heavy atom. The molecule has 0 aliphatic carbocycles. The molecule has 0 spiro atoms. The predicted octanol–water partition coefficient (Wildman–Crippen LogP) is 2.78. The number of hydrogen-bond acceptors (Lipinski definition) is 1. The van der Waals surface area contributed by atoms with Crippen molar-refractivity contribution >= 4 is 6.08 Å². The fraction of sp³-hybridized carbons (Fsp3) is 0. The van der Waals surface area contributed by atoms with Crippen LogP contribution in [0, 0.1) is 11.3 Å². The lowest BCUT2D eigenvalue weighted by molar-refractivity contribution is 1.51. The highest BCUT2D eigenvalue weighted by Gasteiger charge is 1.83. The molecule has 0 heterocycles. The summed E-state index contributed by atoms with van der Waals surface area (Å²) in [6.07, 6.45) is 3.57. The van der Waals surface area contributed by atoms with Gasteiger partial charge in [-0.3, -0.25) is 0 Å². The molecule has 1 aromatic rings. The Labute approximate surface area is 72.3 Å². The van der Waals surface area contributed by atoms with Crippen LogP contribution in [0.25, 0.3) is 6.08 Å². The summed E-state index contributed by atoms with van der Waals surface area (Å²) in [6.45, 7) is 3.54. The fourth-order valence-corrected chi connectivity index (χ4v) is 0.798. The molecule has 0 aliphatic heterocycles. The molecule has 0 N–H and O–H groups in total. The topological polar surface area (TPSA) is 23.8 Å². The summed E-state index contributed by atoms with van der Waals surface area (Å²) in [7, 11) is 0. The molecule has 1 nitrogen and oxygen atoms in total. The molecule has 0 bridgehead atoms. The molecule has 0 aromatic heterocycles. The molecule has 0 amide bonds. The predicted molar refractivity (Wildman–Crippen MR) is 50.2 cm³/mol. The first-order chi connectivity index (χ1) is 5.83. The Hall–Kier alpha value is -1.81. The number of hydrogen-bond donors (Lipinski definition) is 0. The van der Waals surface area contributed by atoms with E-state index in [-0.39, 0.29) is 0 Å². The smallest absolute Gasteiger partial charge is 0.0985 e. The summed E-state index contributed by atoms with van der Waals surface area (Å²) in [4.78, 5) is 0. The van der Waals surface area contributed by atoms with Crippen molar-refractivity contribution in [3.8, 4) is 6.07 Å². The third-order valence-corrected chi connectivity index (χ3v) is 1.42. The minimum Gasteiger partial charge on any atom is -0.192 e. The number of benzene rings is 1. The number of rotatable bonds is 2. The van der Waals surface area contributed by atoms with E-state index in [1.165, 1.54) is 0 Å². The summed E-state index contributed by atoms with van der Waals surface area (Å²) in [5.41, 5.74) is 1.55. The van der Waals surface area contributed by atoms with Crippen molar-refractivity contribution < 1.29 is 0 Å². The monoisotopic (exact) mass is 155 g/mol. The van der Waals surface area contributed by atoms with Gasteiger partial charge in [0.05, 0.1) is 6.07 Å². The Morgan fingerprint density at radius 2 is 2.00 bits per heavy atom. The third kappa shape index (κ3) is 2.43. The van der Waals surface area contributed by atoms with Gasteiger partial charge in [-0.25, -0.2) is 0 Å². The van der Waals surface area contributed by atoms with E-state index in [0.29, 0.717) is 5.57 Å². The summed E-state index contributed by atoms with van der Waals surface area (Å²) in [6, 6.07) is 11.8. The van der Waals surface area contributed by atoms with E-state index in [2.05, 4.69) is 6.58 Å². The van der Waals surface area contributed by atoms with Crippen molar-refractivity contribution in [2.45, 2.75) is 0 Å². The van der Waals surface area contributed by atoms with E-state index in [4.69, 9.17) is 5.26 Å². The first kappa shape index (κ1) is 8.29. The lowest BCUT2D eigenvalue weighted by Crippen LogP contribution is -1.69. The molecular weight excluding hydrogens is 146 g/mol. The van der Waals surface area contributed by atoms with Crippen molar-refractivity contribution in [1.29, 1.82) is 5.26 Å². The Morgan fingerprint density at radius 3 is 2.58 bits per heavy atom. The second-order valence-electron chi connectivity index (χ2n) is 2.38. The molecule has 0 fully saturated rings. The molecule has 0 saturated heterocycles. The summed E-state index contributed by atoms with van der Waals surface area (Å²) >= 11 is 0. The minimum atomic E-state index is 0.471. The van der Waals surface area contributed by atoms with Crippen LogP contribution >= 0.6 is 0 Å². The van der Waals surface area contributed by atoms with Crippen LogP contribution in [0.2, 0.25) is 0 Å². The van der Waals surface area contributed by atoms with Crippen LogP contribution in [-0.4, -0.2) is 0 Å². The lowest BCUT2D eigenvalue weighted by atomic mass is 10.2. The van der Waals surface area contributed by atoms with Crippen LogP contribution < -0.4 is 0 Å². The normalized spacial score (nSPS) is 9.58. The van der Waals surface area contributed by atoms with Crippen molar-refractivity contribution in [3.63, 3.8) is 0 Å². The average molecular weight is 155 g/mol. The van der Waals surface area contributed by atoms with E-state index in [9.17, 15) is 0 Å². The molecule has 1 rings (SSSR count). The highest BCUT2D eigenvalue weighted by Crippen LogP contribution is 2.02. The third-order valence-electron chi connectivity index (χ3n) is 1.42. The van der Waals surface area contributed by atoms with Crippen molar-refractivity contribution in [3.05, 3.63) is 54.1 Å².